The highest BCUT2D eigenvalue weighted by Crippen LogP contribution is 2.20. The molecule has 0 saturated carbocycles. The Labute approximate surface area is 173 Å². The van der Waals surface area contributed by atoms with Crippen LogP contribution >= 0.6 is 24.0 Å². The van der Waals surface area contributed by atoms with Crippen LogP contribution in [0.2, 0.25) is 0 Å². The molecule has 1 aromatic heterocycles. The number of carbonyl (C=O) groups excluding carboxylic acids is 1. The fourth-order valence-electron chi connectivity index (χ4n) is 3.23. The SMILES string of the molecule is CN=C(NCc1cnc(N(C)C)n1C)N1CCC(CC(=O)NC)CC1.I. The van der Waals surface area contributed by atoms with E-state index in [1.54, 1.807) is 7.05 Å². The van der Waals surface area contributed by atoms with E-state index in [-0.39, 0.29) is 29.9 Å². The second kappa shape index (κ2) is 10.6. The zero-order valence-corrected chi connectivity index (χ0v) is 18.8. The summed E-state index contributed by atoms with van der Waals surface area (Å²) in [6, 6.07) is 0. The van der Waals surface area contributed by atoms with Gasteiger partial charge in [-0.25, -0.2) is 4.98 Å². The number of guanidine groups is 1. The standard InChI is InChI=1S/C17H31N7O.HI/c1-18-15(25)10-13-6-8-24(9-7-13)16(19-2)20-11-14-12-21-17(22(3)4)23(14)5;/h12-13H,6-11H2,1-5H3,(H,18,25)(H,19,20);1H. The van der Waals surface area contributed by atoms with Crippen molar-refractivity contribution in [3.8, 4) is 0 Å². The molecule has 1 fully saturated rings. The topological polar surface area (TPSA) is 77.8 Å². The molecule has 2 heterocycles. The molecule has 1 aromatic rings. The number of imidazole rings is 1. The Hall–Kier alpha value is -1.52. The molecule has 8 nitrogen and oxygen atoms in total. The van der Waals surface area contributed by atoms with E-state index < -0.39 is 0 Å². The fraction of sp³-hybridized carbons (Fsp3) is 0.706. The van der Waals surface area contributed by atoms with Crippen molar-refractivity contribution in [2.45, 2.75) is 25.8 Å². The van der Waals surface area contributed by atoms with Crippen molar-refractivity contribution in [1.29, 1.82) is 0 Å². The van der Waals surface area contributed by atoms with E-state index in [0.717, 1.165) is 43.5 Å². The van der Waals surface area contributed by atoms with Gasteiger partial charge < -0.3 is 25.0 Å². The van der Waals surface area contributed by atoms with Gasteiger partial charge in [0.1, 0.15) is 0 Å². The Kier molecular flexibility index (Phi) is 9.17. The smallest absolute Gasteiger partial charge is 0.220 e. The summed E-state index contributed by atoms with van der Waals surface area (Å²) in [6.45, 7) is 2.54. The maximum Gasteiger partial charge on any atom is 0.220 e. The lowest BCUT2D eigenvalue weighted by Gasteiger charge is -2.34. The second-order valence-electron chi connectivity index (χ2n) is 6.71. The van der Waals surface area contributed by atoms with Crippen molar-refractivity contribution in [3.63, 3.8) is 0 Å². The third-order valence-electron chi connectivity index (χ3n) is 4.77. The predicted molar refractivity (Wildman–Crippen MR) is 116 cm³/mol. The van der Waals surface area contributed by atoms with Crippen LogP contribution in [0.15, 0.2) is 11.2 Å². The van der Waals surface area contributed by atoms with Gasteiger partial charge in [0, 0.05) is 54.7 Å². The number of likely N-dealkylation sites (tertiary alicyclic amines) is 1. The third kappa shape index (κ3) is 5.75. The summed E-state index contributed by atoms with van der Waals surface area (Å²) in [7, 11) is 9.51. The van der Waals surface area contributed by atoms with Gasteiger partial charge in [-0.05, 0) is 18.8 Å². The molecule has 1 aliphatic rings. The van der Waals surface area contributed by atoms with Crippen molar-refractivity contribution in [3.05, 3.63) is 11.9 Å². The molecule has 9 heteroatoms. The maximum atomic E-state index is 11.5. The molecule has 0 atom stereocenters. The zero-order chi connectivity index (χ0) is 18.4. The van der Waals surface area contributed by atoms with Crippen LogP contribution in [0.3, 0.4) is 0 Å². The minimum Gasteiger partial charge on any atom is -0.359 e. The van der Waals surface area contributed by atoms with Gasteiger partial charge >= 0.3 is 0 Å². The molecule has 0 bridgehead atoms. The number of anilines is 1. The van der Waals surface area contributed by atoms with Crippen LogP contribution in [0.4, 0.5) is 5.95 Å². The predicted octanol–water partition coefficient (Wildman–Crippen LogP) is 1.03. The highest BCUT2D eigenvalue weighted by molar-refractivity contribution is 14.0. The van der Waals surface area contributed by atoms with Gasteiger partial charge in [0.2, 0.25) is 11.9 Å². The van der Waals surface area contributed by atoms with Crippen molar-refractivity contribution >= 4 is 41.8 Å². The molecular formula is C17H32IN7O. The van der Waals surface area contributed by atoms with Crippen molar-refractivity contribution < 1.29 is 4.79 Å². The Bertz CT molecular complexity index is 606. The normalized spacial score (nSPS) is 15.4. The summed E-state index contributed by atoms with van der Waals surface area (Å²) in [4.78, 5) is 24.6. The molecule has 148 valence electrons. The summed E-state index contributed by atoms with van der Waals surface area (Å²) in [6.07, 6.45) is 4.55. The zero-order valence-electron chi connectivity index (χ0n) is 16.4. The number of halogens is 1. The highest BCUT2D eigenvalue weighted by atomic mass is 127. The van der Waals surface area contributed by atoms with Gasteiger partial charge in [-0.2, -0.15) is 0 Å². The van der Waals surface area contributed by atoms with Crippen molar-refractivity contribution in [2.75, 3.05) is 46.2 Å². The molecule has 26 heavy (non-hydrogen) atoms. The van der Waals surface area contributed by atoms with Crippen LogP contribution in [0.5, 0.6) is 0 Å². The molecule has 1 saturated heterocycles. The number of nitrogens with zero attached hydrogens (tertiary/aromatic N) is 5. The largest absolute Gasteiger partial charge is 0.359 e. The summed E-state index contributed by atoms with van der Waals surface area (Å²) in [5, 5.41) is 6.14. The lowest BCUT2D eigenvalue weighted by Crippen LogP contribution is -2.45. The van der Waals surface area contributed by atoms with Gasteiger partial charge in [-0.3, -0.25) is 9.79 Å². The van der Waals surface area contributed by atoms with Crippen molar-refractivity contribution in [1.82, 2.24) is 25.1 Å². The summed E-state index contributed by atoms with van der Waals surface area (Å²) in [5.41, 5.74) is 1.11. The number of carbonyl (C=O) groups is 1. The van der Waals surface area contributed by atoms with Crippen LogP contribution in [0.25, 0.3) is 0 Å². The number of aliphatic imine (C=N–C) groups is 1. The lowest BCUT2D eigenvalue weighted by molar-refractivity contribution is -0.121. The molecule has 1 amide bonds. The molecule has 0 unspecified atom stereocenters. The Morgan fingerprint density at radius 1 is 1.38 bits per heavy atom. The van der Waals surface area contributed by atoms with Gasteiger partial charge in [0.05, 0.1) is 18.4 Å². The highest BCUT2D eigenvalue weighted by Gasteiger charge is 2.23. The van der Waals surface area contributed by atoms with Crippen LogP contribution < -0.4 is 15.5 Å². The summed E-state index contributed by atoms with van der Waals surface area (Å²) in [5.74, 6) is 2.44. The average molecular weight is 477 g/mol. The molecule has 0 aromatic carbocycles. The number of hydrogen-bond donors (Lipinski definition) is 2. The number of hydrogen-bond acceptors (Lipinski definition) is 4. The molecule has 2 N–H and O–H groups in total. The van der Waals surface area contributed by atoms with E-state index in [0.29, 0.717) is 18.9 Å². The van der Waals surface area contributed by atoms with E-state index >= 15 is 0 Å². The van der Waals surface area contributed by atoms with Gasteiger partial charge in [0.25, 0.3) is 0 Å². The molecule has 2 rings (SSSR count). The second-order valence-corrected chi connectivity index (χ2v) is 6.71. The van der Waals surface area contributed by atoms with Gasteiger partial charge in [-0.15, -0.1) is 24.0 Å². The lowest BCUT2D eigenvalue weighted by atomic mass is 9.93. The Morgan fingerprint density at radius 2 is 2.04 bits per heavy atom. The number of nitrogens with one attached hydrogen (secondary N) is 2. The first kappa shape index (κ1) is 22.5. The summed E-state index contributed by atoms with van der Waals surface area (Å²) < 4.78 is 2.08. The Balaban J connectivity index is 0.00000338. The molecule has 0 spiro atoms. The van der Waals surface area contributed by atoms with E-state index in [2.05, 4.69) is 30.1 Å². The van der Waals surface area contributed by atoms with E-state index in [9.17, 15) is 4.79 Å². The number of piperidine rings is 1. The van der Waals surface area contributed by atoms with Crippen LogP contribution in [-0.4, -0.2) is 67.6 Å². The first-order valence-corrected chi connectivity index (χ1v) is 8.80. The van der Waals surface area contributed by atoms with Gasteiger partial charge in [0.15, 0.2) is 5.96 Å². The maximum absolute atomic E-state index is 11.5. The molecule has 0 radical (unpaired) electrons. The first-order valence-electron chi connectivity index (χ1n) is 8.80. The van der Waals surface area contributed by atoms with Crippen molar-refractivity contribution in [2.24, 2.45) is 18.0 Å². The number of aromatic nitrogens is 2. The first-order chi connectivity index (χ1) is 12.0. The monoisotopic (exact) mass is 477 g/mol. The number of rotatable bonds is 5. The van der Waals surface area contributed by atoms with Crippen LogP contribution in [0, 0.1) is 5.92 Å². The summed E-state index contributed by atoms with van der Waals surface area (Å²) >= 11 is 0. The number of amides is 1. The van der Waals surface area contributed by atoms with Crippen LogP contribution in [-0.2, 0) is 18.4 Å². The molecule has 1 aliphatic heterocycles. The van der Waals surface area contributed by atoms with E-state index in [1.165, 1.54) is 0 Å². The quantitative estimate of drug-likeness (QED) is 0.377. The van der Waals surface area contributed by atoms with Crippen LogP contribution in [0.1, 0.15) is 25.0 Å². The Morgan fingerprint density at radius 3 is 2.54 bits per heavy atom. The average Bonchev–Trinajstić information content (AvgIpc) is 2.97. The fourth-order valence-corrected chi connectivity index (χ4v) is 3.23. The minimum atomic E-state index is 0. The molecule has 0 aliphatic carbocycles. The van der Waals surface area contributed by atoms with E-state index in [4.69, 9.17) is 0 Å². The third-order valence-corrected chi connectivity index (χ3v) is 4.77. The van der Waals surface area contributed by atoms with Gasteiger partial charge in [-0.1, -0.05) is 0 Å². The van der Waals surface area contributed by atoms with E-state index in [1.807, 2.05) is 39.3 Å². The molecular weight excluding hydrogens is 445 g/mol. The minimum absolute atomic E-state index is 0.